The van der Waals surface area contributed by atoms with Crippen molar-refractivity contribution in [2.45, 2.75) is 25.4 Å². The summed E-state index contributed by atoms with van der Waals surface area (Å²) in [4.78, 5) is 0. The van der Waals surface area contributed by atoms with E-state index in [9.17, 15) is 0 Å². The van der Waals surface area contributed by atoms with E-state index in [4.69, 9.17) is 0 Å². The highest BCUT2D eigenvalue weighted by atomic mass is 15.4. The van der Waals surface area contributed by atoms with Gasteiger partial charge in [-0.25, -0.2) is 0 Å². The molecule has 19 heavy (non-hydrogen) atoms. The summed E-state index contributed by atoms with van der Waals surface area (Å²) in [6.45, 7) is 2.46. The van der Waals surface area contributed by atoms with Crippen molar-refractivity contribution in [3.63, 3.8) is 0 Å². The molecule has 0 bridgehead atoms. The van der Waals surface area contributed by atoms with Crippen molar-refractivity contribution >= 4 is 0 Å². The molecule has 1 nitrogen and oxygen atoms in total. The molecule has 0 N–H and O–H groups in total. The molecule has 1 heteroatoms. The average molecular weight is 250 g/mol. The summed E-state index contributed by atoms with van der Waals surface area (Å²) in [6, 6.07) is 18.7. The molecule has 0 saturated carbocycles. The Bertz CT molecular complexity index is 631. The SMILES string of the molecule is C[N@@+]12CCc3ccccc3[C@H]1Cc1ccccc1C2. The Morgan fingerprint density at radius 2 is 1.58 bits per heavy atom. The molecule has 0 unspecified atom stereocenters. The summed E-state index contributed by atoms with van der Waals surface area (Å²) in [7, 11) is 2.44. The number of fused-ring (bicyclic) bond motifs is 4. The van der Waals surface area contributed by atoms with E-state index < -0.39 is 0 Å². The second-order valence-corrected chi connectivity index (χ2v) is 6.30. The minimum Gasteiger partial charge on any atom is -0.316 e. The zero-order valence-electron chi connectivity index (χ0n) is 11.5. The van der Waals surface area contributed by atoms with Crippen LogP contribution in [-0.4, -0.2) is 18.1 Å². The van der Waals surface area contributed by atoms with Crippen LogP contribution in [0.3, 0.4) is 0 Å². The van der Waals surface area contributed by atoms with E-state index >= 15 is 0 Å². The first-order valence-corrected chi connectivity index (χ1v) is 7.25. The fourth-order valence-electron chi connectivity index (χ4n) is 3.98. The van der Waals surface area contributed by atoms with E-state index in [-0.39, 0.29) is 0 Å². The highest BCUT2D eigenvalue weighted by Gasteiger charge is 2.42. The molecule has 0 radical (unpaired) electrons. The third-order valence-corrected chi connectivity index (χ3v) is 5.12. The molecule has 0 aliphatic carbocycles. The molecule has 0 spiro atoms. The van der Waals surface area contributed by atoms with E-state index in [2.05, 4.69) is 55.6 Å². The van der Waals surface area contributed by atoms with E-state index in [0.29, 0.717) is 6.04 Å². The lowest BCUT2D eigenvalue weighted by atomic mass is 9.82. The summed E-state index contributed by atoms with van der Waals surface area (Å²) in [5.41, 5.74) is 6.27. The molecule has 0 fully saturated rings. The monoisotopic (exact) mass is 250 g/mol. The fraction of sp³-hybridized carbons (Fsp3) is 0.333. The number of benzene rings is 2. The Kier molecular flexibility index (Phi) is 2.33. The highest BCUT2D eigenvalue weighted by Crippen LogP contribution is 2.42. The minimum absolute atomic E-state index is 0.653. The number of nitrogens with zero attached hydrogens (tertiary/aromatic N) is 1. The Morgan fingerprint density at radius 1 is 0.895 bits per heavy atom. The second-order valence-electron chi connectivity index (χ2n) is 6.30. The van der Waals surface area contributed by atoms with Crippen molar-refractivity contribution in [3.8, 4) is 0 Å². The lowest BCUT2D eigenvalue weighted by molar-refractivity contribution is -0.956. The standard InChI is InChI=1S/C18H20N/c1-19-11-10-14-6-4-5-9-17(14)18(19)12-15-7-2-3-8-16(15)13-19/h2-9,18H,10-13H2,1H3/q+1/t18-,19+/m1/s1. The number of rotatable bonds is 0. The average Bonchev–Trinajstić information content (AvgIpc) is 2.45. The van der Waals surface area contributed by atoms with Gasteiger partial charge >= 0.3 is 0 Å². The van der Waals surface area contributed by atoms with Crippen LogP contribution >= 0.6 is 0 Å². The van der Waals surface area contributed by atoms with Gasteiger partial charge in [0.25, 0.3) is 0 Å². The molecule has 2 atom stereocenters. The van der Waals surface area contributed by atoms with Crippen molar-refractivity contribution in [1.82, 2.24) is 0 Å². The summed E-state index contributed by atoms with van der Waals surface area (Å²) >= 11 is 0. The van der Waals surface area contributed by atoms with Crippen LogP contribution in [0, 0.1) is 0 Å². The molecule has 0 aromatic heterocycles. The zero-order valence-corrected chi connectivity index (χ0v) is 11.5. The number of hydrogen-bond donors (Lipinski definition) is 0. The first kappa shape index (κ1) is 11.2. The van der Waals surface area contributed by atoms with E-state index in [1.165, 1.54) is 30.4 Å². The Hall–Kier alpha value is -1.60. The van der Waals surface area contributed by atoms with Gasteiger partial charge in [0.05, 0.1) is 13.6 Å². The maximum absolute atomic E-state index is 2.44. The normalized spacial score (nSPS) is 28.2. The zero-order chi connectivity index (χ0) is 12.9. The number of likely N-dealkylation sites (N-methyl/N-ethyl adjacent to an activating group) is 1. The van der Waals surface area contributed by atoms with Crippen LogP contribution in [0.5, 0.6) is 0 Å². The minimum atomic E-state index is 0.653. The molecular formula is C18H20N+. The maximum atomic E-state index is 2.44. The van der Waals surface area contributed by atoms with Crippen molar-refractivity contribution in [3.05, 3.63) is 70.8 Å². The third-order valence-electron chi connectivity index (χ3n) is 5.12. The molecular weight excluding hydrogens is 230 g/mol. The van der Waals surface area contributed by atoms with Gasteiger partial charge in [-0.05, 0) is 11.1 Å². The van der Waals surface area contributed by atoms with Crippen LogP contribution in [0.2, 0.25) is 0 Å². The van der Waals surface area contributed by atoms with Gasteiger partial charge in [0.1, 0.15) is 12.6 Å². The van der Waals surface area contributed by atoms with Crippen molar-refractivity contribution in [2.75, 3.05) is 13.6 Å². The van der Waals surface area contributed by atoms with Gasteiger partial charge in [-0.2, -0.15) is 0 Å². The van der Waals surface area contributed by atoms with Gasteiger partial charge in [-0.15, -0.1) is 0 Å². The molecule has 96 valence electrons. The van der Waals surface area contributed by atoms with Gasteiger partial charge in [0.2, 0.25) is 0 Å². The smallest absolute Gasteiger partial charge is 0.119 e. The van der Waals surface area contributed by atoms with Crippen LogP contribution in [0.25, 0.3) is 0 Å². The summed E-state index contributed by atoms with van der Waals surface area (Å²) in [5, 5.41) is 0. The van der Waals surface area contributed by atoms with Gasteiger partial charge in [-0.3, -0.25) is 0 Å². The van der Waals surface area contributed by atoms with E-state index in [1.807, 2.05) is 0 Å². The molecule has 4 rings (SSSR count). The summed E-state index contributed by atoms with van der Waals surface area (Å²) < 4.78 is 1.19. The van der Waals surface area contributed by atoms with Crippen molar-refractivity contribution in [2.24, 2.45) is 0 Å². The Balaban J connectivity index is 1.85. The molecule has 2 aromatic rings. The second kappa shape index (κ2) is 3.94. The maximum Gasteiger partial charge on any atom is 0.119 e. The van der Waals surface area contributed by atoms with Crippen LogP contribution in [0.4, 0.5) is 0 Å². The van der Waals surface area contributed by atoms with Gasteiger partial charge in [-0.1, -0.05) is 48.5 Å². The molecule has 2 aromatic carbocycles. The Morgan fingerprint density at radius 3 is 2.42 bits per heavy atom. The Labute approximate surface area is 115 Å². The van der Waals surface area contributed by atoms with Gasteiger partial charge in [0.15, 0.2) is 0 Å². The predicted octanol–water partition coefficient (Wildman–Crippen LogP) is 3.49. The largest absolute Gasteiger partial charge is 0.316 e. The first-order chi connectivity index (χ1) is 9.26. The lowest BCUT2D eigenvalue weighted by Crippen LogP contribution is -2.53. The molecule has 0 amide bonds. The molecule has 2 aliphatic rings. The first-order valence-electron chi connectivity index (χ1n) is 7.25. The fourth-order valence-corrected chi connectivity index (χ4v) is 3.98. The van der Waals surface area contributed by atoms with Crippen molar-refractivity contribution in [1.29, 1.82) is 0 Å². The van der Waals surface area contributed by atoms with E-state index in [0.717, 1.165) is 0 Å². The van der Waals surface area contributed by atoms with Crippen LogP contribution in [-0.2, 0) is 19.4 Å². The van der Waals surface area contributed by atoms with E-state index in [1.54, 1.807) is 22.3 Å². The van der Waals surface area contributed by atoms with Crippen LogP contribution in [0.15, 0.2) is 48.5 Å². The highest BCUT2D eigenvalue weighted by molar-refractivity contribution is 5.36. The number of quaternary nitrogens is 1. The molecule has 2 heterocycles. The summed E-state index contributed by atoms with van der Waals surface area (Å²) in [5.74, 6) is 0. The predicted molar refractivity (Wildman–Crippen MR) is 77.8 cm³/mol. The lowest BCUT2D eigenvalue weighted by Gasteiger charge is -2.48. The van der Waals surface area contributed by atoms with Crippen LogP contribution in [0.1, 0.15) is 28.3 Å². The van der Waals surface area contributed by atoms with Crippen LogP contribution < -0.4 is 0 Å². The number of hydrogen-bond acceptors (Lipinski definition) is 0. The topological polar surface area (TPSA) is 0 Å². The molecule has 0 saturated heterocycles. The van der Waals surface area contributed by atoms with Gasteiger partial charge in [0, 0.05) is 24.0 Å². The van der Waals surface area contributed by atoms with Crippen molar-refractivity contribution < 1.29 is 4.48 Å². The summed E-state index contributed by atoms with van der Waals surface area (Å²) in [6.07, 6.45) is 2.43. The molecule has 2 aliphatic heterocycles. The quantitative estimate of drug-likeness (QED) is 0.628. The third kappa shape index (κ3) is 1.65. The van der Waals surface area contributed by atoms with Gasteiger partial charge < -0.3 is 4.48 Å².